The maximum absolute atomic E-state index is 12.5. The number of morpholine rings is 1. The third-order valence-electron chi connectivity index (χ3n) is 3.76. The van der Waals surface area contributed by atoms with E-state index < -0.39 is 10.0 Å². The Morgan fingerprint density at radius 3 is 2.48 bits per heavy atom. The van der Waals surface area contributed by atoms with Crippen LogP contribution in [0.2, 0.25) is 0 Å². The molecule has 0 amide bonds. The van der Waals surface area contributed by atoms with Crippen LogP contribution in [0.5, 0.6) is 0 Å². The largest absolute Gasteiger partial charge is 0.379 e. The molecule has 1 aromatic heterocycles. The van der Waals surface area contributed by atoms with Gasteiger partial charge < -0.3 is 4.74 Å². The highest BCUT2D eigenvalue weighted by Gasteiger charge is 2.26. The summed E-state index contributed by atoms with van der Waals surface area (Å²) in [4.78, 5) is 12.4. The molecule has 0 N–H and O–H groups in total. The van der Waals surface area contributed by atoms with E-state index in [1.807, 2.05) is 11.4 Å². The highest BCUT2D eigenvalue weighted by atomic mass is 79.9. The number of halogens is 1. The van der Waals surface area contributed by atoms with Crippen molar-refractivity contribution >= 4 is 49.1 Å². The molecule has 0 unspecified atom stereocenters. The summed E-state index contributed by atoms with van der Waals surface area (Å²) in [7, 11) is -3.54. The van der Waals surface area contributed by atoms with E-state index in [2.05, 4.69) is 15.9 Å². The van der Waals surface area contributed by atoms with Gasteiger partial charge in [0.15, 0.2) is 5.78 Å². The maximum Gasteiger partial charge on any atom is 0.243 e. The summed E-state index contributed by atoms with van der Waals surface area (Å²) in [5, 5.41) is 1.94. The minimum Gasteiger partial charge on any atom is -0.379 e. The van der Waals surface area contributed by atoms with Gasteiger partial charge in [-0.15, -0.1) is 11.3 Å². The third kappa shape index (κ3) is 4.45. The lowest BCUT2D eigenvalue weighted by atomic mass is 10.1. The summed E-state index contributed by atoms with van der Waals surface area (Å²) in [6.45, 7) is 1.50. The van der Waals surface area contributed by atoms with E-state index in [0.717, 1.165) is 9.35 Å². The number of thiophene rings is 1. The molecule has 5 nitrogen and oxygen atoms in total. The molecule has 8 heteroatoms. The standard InChI is InChI=1S/C17H16BrNO4S2/c18-17-11-13(12-24-17)1-6-16(20)14-2-4-15(5-3-14)25(21,22)19-7-9-23-10-8-19/h1-6,11-12H,7-10H2/b6-1+. The molecule has 1 fully saturated rings. The van der Waals surface area contributed by atoms with Crippen molar-refractivity contribution in [3.8, 4) is 0 Å². The fraction of sp³-hybridized carbons (Fsp3) is 0.235. The van der Waals surface area contributed by atoms with Crippen molar-refractivity contribution in [2.24, 2.45) is 0 Å². The normalized spacial score (nSPS) is 16.4. The number of carbonyl (C=O) groups is 1. The molecule has 0 saturated carbocycles. The molecule has 1 aromatic carbocycles. The van der Waals surface area contributed by atoms with Gasteiger partial charge in [-0.1, -0.05) is 6.08 Å². The molecule has 1 aliphatic heterocycles. The second kappa shape index (κ2) is 7.92. The van der Waals surface area contributed by atoms with E-state index in [-0.39, 0.29) is 10.7 Å². The number of ether oxygens (including phenoxy) is 1. The topological polar surface area (TPSA) is 63.7 Å². The zero-order chi connectivity index (χ0) is 17.9. The van der Waals surface area contributed by atoms with Crippen molar-refractivity contribution in [3.63, 3.8) is 0 Å². The Bertz CT molecular complexity index is 882. The fourth-order valence-corrected chi connectivity index (χ4v) is 4.96. The van der Waals surface area contributed by atoms with E-state index in [1.165, 1.54) is 22.5 Å². The average Bonchev–Trinajstić information content (AvgIpc) is 3.06. The van der Waals surface area contributed by atoms with Gasteiger partial charge in [0.25, 0.3) is 0 Å². The first-order valence-electron chi connectivity index (χ1n) is 7.61. The van der Waals surface area contributed by atoms with Gasteiger partial charge in [0.2, 0.25) is 10.0 Å². The van der Waals surface area contributed by atoms with E-state index in [9.17, 15) is 13.2 Å². The minimum atomic E-state index is -3.54. The summed E-state index contributed by atoms with van der Waals surface area (Å²) >= 11 is 4.92. The van der Waals surface area contributed by atoms with Gasteiger partial charge in [-0.05, 0) is 63.3 Å². The summed E-state index contributed by atoms with van der Waals surface area (Å²) in [6, 6.07) is 7.97. The molecule has 132 valence electrons. The molecule has 0 aliphatic carbocycles. The van der Waals surface area contributed by atoms with Crippen LogP contribution in [0.3, 0.4) is 0 Å². The number of ketones is 1. The fourth-order valence-electron chi connectivity index (χ4n) is 2.41. The van der Waals surface area contributed by atoms with Crippen molar-refractivity contribution in [1.29, 1.82) is 0 Å². The number of allylic oxidation sites excluding steroid dienone is 1. The summed E-state index contributed by atoms with van der Waals surface area (Å²) in [6.07, 6.45) is 3.22. The molecule has 2 heterocycles. The zero-order valence-corrected chi connectivity index (χ0v) is 16.4. The van der Waals surface area contributed by atoms with Crippen molar-refractivity contribution in [2.45, 2.75) is 4.90 Å². The Morgan fingerprint density at radius 1 is 1.20 bits per heavy atom. The Labute approximate surface area is 159 Å². The maximum atomic E-state index is 12.5. The highest BCUT2D eigenvalue weighted by molar-refractivity contribution is 9.11. The molecule has 0 atom stereocenters. The smallest absolute Gasteiger partial charge is 0.243 e. The quantitative estimate of drug-likeness (QED) is 0.526. The summed E-state index contributed by atoms with van der Waals surface area (Å²) in [5.74, 6) is -0.169. The van der Waals surface area contributed by atoms with Gasteiger partial charge in [-0.25, -0.2) is 8.42 Å². The number of hydrogen-bond donors (Lipinski definition) is 0. The second-order valence-corrected chi connectivity index (χ2v) is 9.65. The van der Waals surface area contributed by atoms with Crippen LogP contribution in [0.4, 0.5) is 0 Å². The van der Waals surface area contributed by atoms with Crippen LogP contribution in [-0.2, 0) is 14.8 Å². The van der Waals surface area contributed by atoms with Crippen LogP contribution in [0.15, 0.2) is 50.5 Å². The summed E-state index contributed by atoms with van der Waals surface area (Å²) < 4.78 is 32.7. The van der Waals surface area contributed by atoms with Crippen molar-refractivity contribution in [3.05, 3.63) is 56.7 Å². The molecule has 0 bridgehead atoms. The predicted molar refractivity (Wildman–Crippen MR) is 101 cm³/mol. The number of rotatable bonds is 5. The molecule has 1 saturated heterocycles. The molecule has 25 heavy (non-hydrogen) atoms. The Kier molecular flexibility index (Phi) is 5.85. The van der Waals surface area contributed by atoms with Crippen LogP contribution in [-0.4, -0.2) is 44.8 Å². The van der Waals surface area contributed by atoms with Crippen molar-refractivity contribution in [2.75, 3.05) is 26.3 Å². The number of nitrogens with zero attached hydrogens (tertiary/aromatic N) is 1. The first-order chi connectivity index (χ1) is 12.0. The first kappa shape index (κ1) is 18.5. The number of carbonyl (C=O) groups excluding carboxylic acids is 1. The Hall–Kier alpha value is -1.32. The first-order valence-corrected chi connectivity index (χ1v) is 10.7. The number of sulfonamides is 1. The van der Waals surface area contributed by atoms with E-state index in [1.54, 1.807) is 29.5 Å². The summed E-state index contributed by atoms with van der Waals surface area (Å²) in [5.41, 5.74) is 1.39. The van der Waals surface area contributed by atoms with Crippen molar-refractivity contribution < 1.29 is 17.9 Å². The zero-order valence-electron chi connectivity index (χ0n) is 13.2. The molecule has 1 aliphatic rings. The molecule has 0 spiro atoms. The van der Waals surface area contributed by atoms with Crippen LogP contribution in [0.1, 0.15) is 15.9 Å². The second-order valence-electron chi connectivity index (χ2n) is 5.42. The van der Waals surface area contributed by atoms with Crippen LogP contribution < -0.4 is 0 Å². The van der Waals surface area contributed by atoms with Gasteiger partial charge in [0.1, 0.15) is 0 Å². The lowest BCUT2D eigenvalue weighted by Crippen LogP contribution is -2.40. The van der Waals surface area contributed by atoms with Crippen LogP contribution in [0, 0.1) is 0 Å². The van der Waals surface area contributed by atoms with Gasteiger partial charge in [0, 0.05) is 18.7 Å². The van der Waals surface area contributed by atoms with Crippen molar-refractivity contribution in [1.82, 2.24) is 4.31 Å². The highest BCUT2D eigenvalue weighted by Crippen LogP contribution is 2.22. The van der Waals surface area contributed by atoms with E-state index in [4.69, 9.17) is 4.74 Å². The minimum absolute atomic E-state index is 0.169. The monoisotopic (exact) mass is 441 g/mol. The lowest BCUT2D eigenvalue weighted by molar-refractivity contribution is 0.0730. The van der Waals surface area contributed by atoms with Gasteiger partial charge in [-0.3, -0.25) is 4.79 Å². The Balaban J connectivity index is 1.73. The van der Waals surface area contributed by atoms with Gasteiger partial charge >= 0.3 is 0 Å². The van der Waals surface area contributed by atoms with Gasteiger partial charge in [-0.2, -0.15) is 4.31 Å². The molecule has 3 rings (SSSR count). The predicted octanol–water partition coefficient (Wildman–Crippen LogP) is 3.43. The third-order valence-corrected chi connectivity index (χ3v) is 7.20. The van der Waals surface area contributed by atoms with E-state index >= 15 is 0 Å². The lowest BCUT2D eigenvalue weighted by Gasteiger charge is -2.26. The average molecular weight is 442 g/mol. The van der Waals surface area contributed by atoms with E-state index in [0.29, 0.717) is 31.9 Å². The van der Waals surface area contributed by atoms with Gasteiger partial charge in [0.05, 0.1) is 21.9 Å². The molecular weight excluding hydrogens is 426 g/mol. The Morgan fingerprint density at radius 2 is 1.88 bits per heavy atom. The SMILES string of the molecule is O=C(/C=C/c1csc(Br)c1)c1ccc(S(=O)(=O)N2CCOCC2)cc1. The van der Waals surface area contributed by atoms with Crippen LogP contribution >= 0.6 is 27.3 Å². The molecule has 0 radical (unpaired) electrons. The van der Waals surface area contributed by atoms with Crippen LogP contribution in [0.25, 0.3) is 6.08 Å². The number of hydrogen-bond acceptors (Lipinski definition) is 5. The molecule has 2 aromatic rings. The number of benzene rings is 1. The molecular formula is C17H16BrNO4S2.